The molecule has 0 atom stereocenters. The number of fused-ring (bicyclic) bond motifs is 5. The summed E-state index contributed by atoms with van der Waals surface area (Å²) in [5, 5.41) is 1.24. The predicted molar refractivity (Wildman–Crippen MR) is 64.0 cm³/mol. The molecular weight excluding hydrogens is 216 g/mol. The molecule has 3 aromatic rings. The van der Waals surface area contributed by atoms with E-state index in [1.807, 2.05) is 12.1 Å². The smallest absolute Gasteiger partial charge is 0.416 e. The minimum absolute atomic E-state index is 0.274. The van der Waals surface area contributed by atoms with Gasteiger partial charge >= 0.3 is 5.76 Å². The molecule has 4 heteroatoms. The molecule has 0 fully saturated rings. The molecule has 4 nitrogen and oxygen atoms in total. The molecular formula is C13H10N2O2. The SMILES string of the molecule is O=c1occ2n1CCc1c-2[nH]c2ccccc12. The van der Waals surface area contributed by atoms with Crippen LogP contribution >= 0.6 is 0 Å². The average molecular weight is 226 g/mol. The van der Waals surface area contributed by atoms with Gasteiger partial charge in [-0.05, 0) is 18.1 Å². The quantitative estimate of drug-likeness (QED) is 0.638. The molecule has 0 amide bonds. The van der Waals surface area contributed by atoms with Gasteiger partial charge in [-0.25, -0.2) is 4.79 Å². The third-order valence-corrected chi connectivity index (χ3v) is 3.44. The number of benzene rings is 1. The maximum atomic E-state index is 11.5. The van der Waals surface area contributed by atoms with Crippen LogP contribution in [-0.4, -0.2) is 9.55 Å². The number of nitrogens with one attached hydrogen (secondary N) is 1. The number of aromatic nitrogens is 2. The van der Waals surface area contributed by atoms with E-state index in [4.69, 9.17) is 4.42 Å². The van der Waals surface area contributed by atoms with Crippen LogP contribution in [0.2, 0.25) is 0 Å². The summed E-state index contributed by atoms with van der Waals surface area (Å²) in [4.78, 5) is 14.8. The number of aromatic amines is 1. The van der Waals surface area contributed by atoms with Crippen LogP contribution in [0.4, 0.5) is 0 Å². The van der Waals surface area contributed by atoms with Crippen LogP contribution in [0, 0.1) is 0 Å². The zero-order chi connectivity index (χ0) is 11.4. The van der Waals surface area contributed by atoms with Gasteiger partial charge in [-0.3, -0.25) is 4.57 Å². The lowest BCUT2D eigenvalue weighted by atomic mass is 10.0. The van der Waals surface area contributed by atoms with E-state index < -0.39 is 0 Å². The van der Waals surface area contributed by atoms with Crippen molar-refractivity contribution in [2.45, 2.75) is 13.0 Å². The standard InChI is InChI=1S/C13H10N2O2/c16-13-15-6-5-9-8-3-1-2-4-10(8)14-12(9)11(15)7-17-13/h1-4,7,14H,5-6H2. The van der Waals surface area contributed by atoms with Crippen LogP contribution in [-0.2, 0) is 13.0 Å². The van der Waals surface area contributed by atoms with Crippen LogP contribution < -0.4 is 5.76 Å². The fraction of sp³-hybridized carbons (Fsp3) is 0.154. The van der Waals surface area contributed by atoms with Crippen molar-refractivity contribution < 1.29 is 4.42 Å². The lowest BCUT2D eigenvalue weighted by Gasteiger charge is -2.12. The topological polar surface area (TPSA) is 50.9 Å². The Bertz CT molecular complexity index is 776. The number of oxazole rings is 1. The lowest BCUT2D eigenvalue weighted by molar-refractivity contribution is 0.477. The first-order valence-corrected chi connectivity index (χ1v) is 5.63. The second-order valence-corrected chi connectivity index (χ2v) is 4.31. The van der Waals surface area contributed by atoms with Gasteiger partial charge in [0.1, 0.15) is 12.0 Å². The maximum Gasteiger partial charge on any atom is 0.419 e. The molecule has 1 N–H and O–H groups in total. The average Bonchev–Trinajstić information content (AvgIpc) is 2.90. The third kappa shape index (κ3) is 1.04. The molecule has 1 aliphatic heterocycles. The summed E-state index contributed by atoms with van der Waals surface area (Å²) in [7, 11) is 0. The maximum absolute atomic E-state index is 11.5. The zero-order valence-corrected chi connectivity index (χ0v) is 9.06. The molecule has 0 radical (unpaired) electrons. The highest BCUT2D eigenvalue weighted by molar-refractivity contribution is 5.90. The van der Waals surface area contributed by atoms with Gasteiger partial charge in [0, 0.05) is 17.4 Å². The van der Waals surface area contributed by atoms with Crippen molar-refractivity contribution in [1.82, 2.24) is 9.55 Å². The second kappa shape index (κ2) is 2.91. The first-order valence-electron chi connectivity index (χ1n) is 5.63. The molecule has 1 aromatic carbocycles. The highest BCUT2D eigenvalue weighted by Gasteiger charge is 2.22. The molecule has 0 spiro atoms. The Kier molecular flexibility index (Phi) is 1.52. The highest BCUT2D eigenvalue weighted by atomic mass is 16.4. The van der Waals surface area contributed by atoms with E-state index >= 15 is 0 Å². The molecule has 0 saturated carbocycles. The fourth-order valence-corrected chi connectivity index (χ4v) is 2.64. The number of para-hydroxylation sites is 1. The van der Waals surface area contributed by atoms with Gasteiger partial charge in [0.2, 0.25) is 0 Å². The van der Waals surface area contributed by atoms with Gasteiger partial charge in [-0.15, -0.1) is 0 Å². The summed E-state index contributed by atoms with van der Waals surface area (Å²) < 4.78 is 6.64. The monoisotopic (exact) mass is 226 g/mol. The van der Waals surface area contributed by atoms with Gasteiger partial charge in [0.15, 0.2) is 0 Å². The summed E-state index contributed by atoms with van der Waals surface area (Å²) in [6.07, 6.45) is 2.40. The second-order valence-electron chi connectivity index (χ2n) is 4.31. The largest absolute Gasteiger partial charge is 0.419 e. The number of hydrogen-bond donors (Lipinski definition) is 1. The molecule has 3 heterocycles. The molecule has 84 valence electrons. The first kappa shape index (κ1) is 8.87. The van der Waals surface area contributed by atoms with E-state index in [-0.39, 0.29) is 5.76 Å². The van der Waals surface area contributed by atoms with E-state index in [0.29, 0.717) is 6.54 Å². The molecule has 17 heavy (non-hydrogen) atoms. The molecule has 2 aromatic heterocycles. The van der Waals surface area contributed by atoms with Gasteiger partial charge in [-0.1, -0.05) is 18.2 Å². The summed E-state index contributed by atoms with van der Waals surface area (Å²) in [6, 6.07) is 8.20. The van der Waals surface area contributed by atoms with Crippen molar-refractivity contribution in [3.8, 4) is 11.4 Å². The highest BCUT2D eigenvalue weighted by Crippen LogP contribution is 2.33. The van der Waals surface area contributed by atoms with Gasteiger partial charge in [-0.2, -0.15) is 0 Å². The number of aryl methyl sites for hydroxylation is 1. The zero-order valence-electron chi connectivity index (χ0n) is 9.06. The summed E-state index contributed by atoms with van der Waals surface area (Å²) in [6.45, 7) is 0.694. The van der Waals surface area contributed by atoms with E-state index in [1.54, 1.807) is 4.57 Å². The first-order chi connectivity index (χ1) is 8.34. The van der Waals surface area contributed by atoms with Crippen LogP contribution in [0.3, 0.4) is 0 Å². The van der Waals surface area contributed by atoms with Crippen molar-refractivity contribution >= 4 is 10.9 Å². The Hall–Kier alpha value is -2.23. The summed E-state index contributed by atoms with van der Waals surface area (Å²) >= 11 is 0. The van der Waals surface area contributed by atoms with E-state index in [0.717, 1.165) is 23.3 Å². The number of H-pyrrole nitrogens is 1. The normalized spacial score (nSPS) is 13.6. The van der Waals surface area contributed by atoms with Crippen molar-refractivity contribution in [3.63, 3.8) is 0 Å². The third-order valence-electron chi connectivity index (χ3n) is 3.44. The molecule has 0 saturated heterocycles. The van der Waals surface area contributed by atoms with Crippen LogP contribution in [0.15, 0.2) is 39.7 Å². The van der Waals surface area contributed by atoms with Gasteiger partial charge < -0.3 is 9.40 Å². The fourth-order valence-electron chi connectivity index (χ4n) is 2.64. The minimum atomic E-state index is -0.274. The van der Waals surface area contributed by atoms with E-state index in [9.17, 15) is 4.79 Å². The van der Waals surface area contributed by atoms with Crippen molar-refractivity contribution in [2.75, 3.05) is 0 Å². The van der Waals surface area contributed by atoms with Gasteiger partial charge in [0.05, 0.1) is 5.69 Å². The van der Waals surface area contributed by atoms with Crippen LogP contribution in [0.1, 0.15) is 5.56 Å². The number of hydrogen-bond acceptors (Lipinski definition) is 2. The number of rotatable bonds is 0. The molecule has 0 bridgehead atoms. The van der Waals surface area contributed by atoms with Crippen molar-refractivity contribution in [2.24, 2.45) is 0 Å². The van der Waals surface area contributed by atoms with E-state index in [2.05, 4.69) is 17.1 Å². The number of nitrogens with zero attached hydrogens (tertiary/aromatic N) is 1. The Labute approximate surface area is 96.5 Å². The Morgan fingerprint density at radius 3 is 3.12 bits per heavy atom. The van der Waals surface area contributed by atoms with Crippen molar-refractivity contribution in [3.05, 3.63) is 46.6 Å². The summed E-state index contributed by atoms with van der Waals surface area (Å²) in [5.41, 5.74) is 4.26. The van der Waals surface area contributed by atoms with Crippen LogP contribution in [0.25, 0.3) is 22.3 Å². The van der Waals surface area contributed by atoms with Gasteiger partial charge in [0.25, 0.3) is 0 Å². The minimum Gasteiger partial charge on any atom is -0.416 e. The molecule has 0 aliphatic carbocycles. The van der Waals surface area contributed by atoms with E-state index in [1.165, 1.54) is 17.2 Å². The Morgan fingerprint density at radius 2 is 2.18 bits per heavy atom. The Morgan fingerprint density at radius 1 is 1.29 bits per heavy atom. The molecule has 4 rings (SSSR count). The van der Waals surface area contributed by atoms with Crippen LogP contribution in [0.5, 0.6) is 0 Å². The summed E-state index contributed by atoms with van der Waals surface area (Å²) in [5.74, 6) is -0.274. The molecule has 1 aliphatic rings. The molecule has 0 unspecified atom stereocenters. The predicted octanol–water partition coefficient (Wildman–Crippen LogP) is 2.15. The van der Waals surface area contributed by atoms with Crippen molar-refractivity contribution in [1.29, 1.82) is 0 Å². The lowest BCUT2D eigenvalue weighted by Crippen LogP contribution is -2.20. The Balaban J connectivity index is 2.13.